The number of carbonyl (C=O) groups is 2. The Kier molecular flexibility index (Phi) is 2.98. The SMILES string of the molecule is Cc1ccnc(Sc2cc3c(cc2F)C(=O)C(=O)N3)n1. The van der Waals surface area contributed by atoms with Gasteiger partial charge < -0.3 is 5.32 Å². The van der Waals surface area contributed by atoms with Gasteiger partial charge in [-0.05, 0) is 36.9 Å². The van der Waals surface area contributed by atoms with Crippen molar-refractivity contribution >= 4 is 29.1 Å². The van der Waals surface area contributed by atoms with Gasteiger partial charge in [-0.1, -0.05) is 0 Å². The summed E-state index contributed by atoms with van der Waals surface area (Å²) in [7, 11) is 0. The molecule has 0 aliphatic carbocycles. The lowest BCUT2D eigenvalue weighted by Crippen LogP contribution is -2.12. The number of Topliss-reactive ketones (excluding diaryl/α,β-unsaturated/α-hetero) is 1. The highest BCUT2D eigenvalue weighted by atomic mass is 32.2. The number of nitrogens with one attached hydrogen (secondary N) is 1. The van der Waals surface area contributed by atoms with Gasteiger partial charge in [0.05, 0.1) is 16.1 Å². The third-order valence-corrected chi connectivity index (χ3v) is 3.66. The molecule has 0 spiro atoms. The van der Waals surface area contributed by atoms with Crippen LogP contribution in [-0.4, -0.2) is 21.7 Å². The molecule has 1 aromatic heterocycles. The zero-order valence-corrected chi connectivity index (χ0v) is 11.1. The molecule has 100 valence electrons. The number of hydrogen-bond donors (Lipinski definition) is 1. The summed E-state index contributed by atoms with van der Waals surface area (Å²) in [5.41, 5.74) is 1.14. The highest BCUT2D eigenvalue weighted by Crippen LogP contribution is 2.34. The van der Waals surface area contributed by atoms with Gasteiger partial charge in [0.15, 0.2) is 5.16 Å². The molecule has 20 heavy (non-hydrogen) atoms. The predicted molar refractivity (Wildman–Crippen MR) is 70.3 cm³/mol. The van der Waals surface area contributed by atoms with Gasteiger partial charge in [0, 0.05) is 11.9 Å². The van der Waals surface area contributed by atoms with E-state index in [0.717, 1.165) is 23.5 Å². The molecular formula is C13H8FN3O2S. The van der Waals surface area contributed by atoms with E-state index < -0.39 is 17.5 Å². The molecule has 2 heterocycles. The molecule has 1 aliphatic heterocycles. The summed E-state index contributed by atoms with van der Waals surface area (Å²) < 4.78 is 14.0. The number of benzene rings is 1. The van der Waals surface area contributed by atoms with E-state index in [9.17, 15) is 14.0 Å². The maximum absolute atomic E-state index is 14.0. The van der Waals surface area contributed by atoms with Crippen LogP contribution in [0, 0.1) is 12.7 Å². The highest BCUT2D eigenvalue weighted by Gasteiger charge is 2.29. The van der Waals surface area contributed by atoms with Crippen LogP contribution in [0.15, 0.2) is 34.4 Å². The average molecular weight is 289 g/mol. The molecule has 3 rings (SSSR count). The van der Waals surface area contributed by atoms with Gasteiger partial charge in [-0.15, -0.1) is 0 Å². The van der Waals surface area contributed by atoms with Gasteiger partial charge in [0.1, 0.15) is 5.82 Å². The largest absolute Gasteiger partial charge is 0.318 e. The second-order valence-electron chi connectivity index (χ2n) is 4.19. The second kappa shape index (κ2) is 4.68. The quantitative estimate of drug-likeness (QED) is 0.678. The average Bonchev–Trinajstić information content (AvgIpc) is 2.66. The Labute approximate surface area is 117 Å². The van der Waals surface area contributed by atoms with Gasteiger partial charge in [0.2, 0.25) is 0 Å². The summed E-state index contributed by atoms with van der Waals surface area (Å²) in [5, 5.41) is 2.80. The van der Waals surface area contributed by atoms with Gasteiger partial charge in [-0.2, -0.15) is 0 Å². The number of anilines is 1. The minimum Gasteiger partial charge on any atom is -0.318 e. The molecule has 1 N–H and O–H groups in total. The molecule has 0 bridgehead atoms. The molecule has 0 saturated carbocycles. The monoisotopic (exact) mass is 289 g/mol. The third-order valence-electron chi connectivity index (χ3n) is 2.75. The van der Waals surface area contributed by atoms with Crippen LogP contribution in [0.1, 0.15) is 16.1 Å². The summed E-state index contributed by atoms with van der Waals surface area (Å²) in [6, 6.07) is 4.22. The zero-order valence-electron chi connectivity index (χ0n) is 10.3. The Bertz CT molecular complexity index is 748. The van der Waals surface area contributed by atoms with Crippen molar-refractivity contribution in [3.8, 4) is 0 Å². The van der Waals surface area contributed by atoms with E-state index in [1.54, 1.807) is 12.3 Å². The molecule has 0 saturated heterocycles. The molecule has 0 radical (unpaired) electrons. The zero-order chi connectivity index (χ0) is 14.3. The molecule has 1 amide bonds. The van der Waals surface area contributed by atoms with E-state index in [2.05, 4.69) is 15.3 Å². The number of ketones is 1. The first-order chi connectivity index (χ1) is 9.54. The lowest BCUT2D eigenvalue weighted by atomic mass is 10.1. The Balaban J connectivity index is 1.98. The van der Waals surface area contributed by atoms with Crippen LogP contribution in [0.2, 0.25) is 0 Å². The van der Waals surface area contributed by atoms with Crippen molar-refractivity contribution in [3.05, 3.63) is 41.5 Å². The van der Waals surface area contributed by atoms with Crippen molar-refractivity contribution in [1.82, 2.24) is 9.97 Å². The fraction of sp³-hybridized carbons (Fsp3) is 0.0769. The normalized spacial score (nSPS) is 13.3. The molecule has 7 heteroatoms. The van der Waals surface area contributed by atoms with Crippen LogP contribution in [0.5, 0.6) is 0 Å². The third kappa shape index (κ3) is 2.16. The minimum atomic E-state index is -0.742. The van der Waals surface area contributed by atoms with E-state index >= 15 is 0 Å². The number of hydrogen-bond acceptors (Lipinski definition) is 5. The predicted octanol–water partition coefficient (Wildman–Crippen LogP) is 2.21. The Morgan fingerprint density at radius 1 is 1.30 bits per heavy atom. The topological polar surface area (TPSA) is 72.0 Å². The number of carbonyl (C=O) groups excluding carboxylic acids is 2. The first kappa shape index (κ1) is 12.7. The van der Waals surface area contributed by atoms with E-state index in [-0.39, 0.29) is 10.5 Å². The summed E-state index contributed by atoms with van der Waals surface area (Å²) in [6.45, 7) is 1.81. The van der Waals surface area contributed by atoms with Gasteiger partial charge in [-0.3, -0.25) is 9.59 Å². The molecule has 0 fully saturated rings. The Morgan fingerprint density at radius 3 is 2.85 bits per heavy atom. The van der Waals surface area contributed by atoms with Crippen LogP contribution >= 0.6 is 11.8 Å². The number of fused-ring (bicyclic) bond motifs is 1. The summed E-state index contributed by atoms with van der Waals surface area (Å²) in [6.07, 6.45) is 1.58. The second-order valence-corrected chi connectivity index (χ2v) is 5.20. The Hall–Kier alpha value is -2.28. The summed E-state index contributed by atoms with van der Waals surface area (Å²) in [4.78, 5) is 31.1. The maximum Gasteiger partial charge on any atom is 0.296 e. The maximum atomic E-state index is 14.0. The van der Waals surface area contributed by atoms with E-state index in [4.69, 9.17) is 0 Å². The molecule has 1 aromatic carbocycles. The molecule has 0 atom stereocenters. The summed E-state index contributed by atoms with van der Waals surface area (Å²) in [5.74, 6) is -2.04. The van der Waals surface area contributed by atoms with Gasteiger partial charge in [0.25, 0.3) is 11.7 Å². The van der Waals surface area contributed by atoms with Gasteiger partial charge in [-0.25, -0.2) is 14.4 Å². The highest BCUT2D eigenvalue weighted by molar-refractivity contribution is 7.99. The fourth-order valence-corrected chi connectivity index (χ4v) is 2.63. The van der Waals surface area contributed by atoms with Crippen molar-refractivity contribution in [2.45, 2.75) is 17.0 Å². The van der Waals surface area contributed by atoms with Crippen molar-refractivity contribution < 1.29 is 14.0 Å². The number of amides is 1. The molecule has 5 nitrogen and oxygen atoms in total. The first-order valence-corrected chi connectivity index (χ1v) is 6.53. The number of rotatable bonds is 2. The van der Waals surface area contributed by atoms with Crippen LogP contribution < -0.4 is 5.32 Å². The van der Waals surface area contributed by atoms with E-state index in [0.29, 0.717) is 10.8 Å². The first-order valence-electron chi connectivity index (χ1n) is 5.71. The van der Waals surface area contributed by atoms with Crippen molar-refractivity contribution in [3.63, 3.8) is 0 Å². The van der Waals surface area contributed by atoms with Crippen LogP contribution in [0.3, 0.4) is 0 Å². The molecule has 0 unspecified atom stereocenters. The van der Waals surface area contributed by atoms with Crippen molar-refractivity contribution in [2.24, 2.45) is 0 Å². The molecule has 2 aromatic rings. The fourth-order valence-electron chi connectivity index (χ4n) is 1.80. The molecular weight excluding hydrogens is 281 g/mol. The number of halogens is 1. The van der Waals surface area contributed by atoms with Crippen molar-refractivity contribution in [2.75, 3.05) is 5.32 Å². The van der Waals surface area contributed by atoms with Crippen LogP contribution in [-0.2, 0) is 4.79 Å². The van der Waals surface area contributed by atoms with E-state index in [1.807, 2.05) is 6.92 Å². The van der Waals surface area contributed by atoms with E-state index in [1.165, 1.54) is 6.07 Å². The standard InChI is InChI=1S/C13H8FN3O2S/c1-6-2-3-15-13(16-6)20-10-5-9-7(4-8(10)14)11(18)12(19)17-9/h2-5H,1H3,(H,17,18,19). The number of aryl methyl sites for hydroxylation is 1. The summed E-state index contributed by atoms with van der Waals surface area (Å²) >= 11 is 1.04. The van der Waals surface area contributed by atoms with Crippen LogP contribution in [0.4, 0.5) is 10.1 Å². The lowest BCUT2D eigenvalue weighted by Gasteiger charge is -2.05. The molecule has 1 aliphatic rings. The van der Waals surface area contributed by atoms with Gasteiger partial charge >= 0.3 is 0 Å². The lowest BCUT2D eigenvalue weighted by molar-refractivity contribution is -0.112. The minimum absolute atomic E-state index is 0.0574. The van der Waals surface area contributed by atoms with Crippen LogP contribution in [0.25, 0.3) is 0 Å². The Morgan fingerprint density at radius 2 is 2.10 bits per heavy atom. The number of nitrogens with zero attached hydrogens (tertiary/aromatic N) is 2. The van der Waals surface area contributed by atoms with Crippen molar-refractivity contribution in [1.29, 1.82) is 0 Å². The smallest absolute Gasteiger partial charge is 0.296 e. The number of aromatic nitrogens is 2.